The van der Waals surface area contributed by atoms with Crippen molar-refractivity contribution < 1.29 is 104 Å². The number of aromatic nitrogens is 6. The second-order valence-corrected chi connectivity index (χ2v) is 6.62. The Labute approximate surface area is 249 Å². The maximum absolute atomic E-state index is 8.46. The van der Waals surface area contributed by atoms with Crippen LogP contribution in [0.3, 0.4) is 0 Å². The number of nitrogens with one attached hydrogen (secondary N) is 3. The first kappa shape index (κ1) is 42.7. The molecule has 3 aromatic rings. The first-order valence-corrected chi connectivity index (χ1v) is 9.46. The zero-order valence-corrected chi connectivity index (χ0v) is 24.4. The minimum absolute atomic E-state index is 0. The molecule has 0 aliphatic heterocycles. The fraction of sp³-hybridized carbons (Fsp3) is 0.400. The van der Waals surface area contributed by atoms with Crippen LogP contribution in [-0.2, 0) is 21.7 Å². The van der Waals surface area contributed by atoms with Gasteiger partial charge in [0.1, 0.15) is 17.2 Å². The average molecular weight is 623 g/mol. The quantitative estimate of drug-likeness (QED) is 0.117. The standard InChI is InChI=1S/3C5H9BN2O3.3ClH.Ti/c3*1-3-5(11-6(9)10)4(2)8-7-3;;;;/h3*9-10H,1-2H3,(H,7,8);3*1H;/q;;;;;;+4/p-2. The largest absolute Gasteiger partial charge is 4.00 e. The van der Waals surface area contributed by atoms with Crippen LogP contribution in [0.1, 0.15) is 35.6 Å². The molecule has 0 saturated carbocycles. The Hall–Kier alpha value is -1.43. The Morgan fingerprint density at radius 3 is 0.811 bits per heavy atom. The summed E-state index contributed by atoms with van der Waals surface area (Å²) in [5.74, 6) is 1.17. The zero-order chi connectivity index (χ0) is 25.3. The van der Waals surface area contributed by atoms with E-state index in [0.717, 1.165) is 0 Å². The molecule has 3 aromatic heterocycles. The van der Waals surface area contributed by atoms with Crippen LogP contribution in [0.4, 0.5) is 0 Å². The van der Waals surface area contributed by atoms with E-state index in [1.807, 2.05) is 0 Å². The predicted molar refractivity (Wildman–Crippen MR) is 118 cm³/mol. The maximum atomic E-state index is 8.46. The van der Waals surface area contributed by atoms with Crippen molar-refractivity contribution in [1.29, 1.82) is 0 Å². The molecule has 9 N–H and O–H groups in total. The second-order valence-electron chi connectivity index (χ2n) is 6.62. The molecule has 0 spiro atoms. The summed E-state index contributed by atoms with van der Waals surface area (Å²) in [6.45, 7) is 10.3. The van der Waals surface area contributed by atoms with Gasteiger partial charge in [-0.05, 0) is 41.5 Å². The van der Waals surface area contributed by atoms with E-state index in [1.165, 1.54) is 0 Å². The van der Waals surface area contributed by atoms with Gasteiger partial charge in [0.05, 0.1) is 34.2 Å². The number of H-pyrrole nitrogens is 3. The molecular weight excluding hydrogens is 595 g/mol. The van der Waals surface area contributed by atoms with E-state index >= 15 is 0 Å². The van der Waals surface area contributed by atoms with Crippen molar-refractivity contribution in [3.63, 3.8) is 0 Å². The third kappa shape index (κ3) is 14.9. The van der Waals surface area contributed by atoms with Gasteiger partial charge in [0, 0.05) is 0 Å². The molecule has 22 heteroatoms. The van der Waals surface area contributed by atoms with Gasteiger partial charge in [-0.1, -0.05) is 0 Å². The van der Waals surface area contributed by atoms with E-state index in [1.54, 1.807) is 41.5 Å². The molecule has 3 heterocycles. The predicted octanol–water partition coefficient (Wildman–Crippen LogP) is -10.8. The SMILES string of the molecule is Cc1n[nH]c(C)c1OB(O)O.Cc1n[nH]c(C)c1OB(O)O.Cc1n[nH]c(C)c1OB(O)O.[Cl-].[Cl-].[Cl-].[H+].[Ti+4]. The number of rotatable bonds is 6. The van der Waals surface area contributed by atoms with E-state index < -0.39 is 22.0 Å². The molecule has 0 atom stereocenters. The van der Waals surface area contributed by atoms with Crippen molar-refractivity contribution in [3.05, 3.63) is 34.2 Å². The summed E-state index contributed by atoms with van der Waals surface area (Å²) in [6.07, 6.45) is 0. The summed E-state index contributed by atoms with van der Waals surface area (Å²) >= 11 is 0. The van der Waals surface area contributed by atoms with Crippen molar-refractivity contribution in [2.75, 3.05) is 0 Å². The van der Waals surface area contributed by atoms with Crippen LogP contribution in [0, 0.1) is 41.5 Å². The fourth-order valence-electron chi connectivity index (χ4n) is 2.46. The molecule has 0 bridgehead atoms. The summed E-state index contributed by atoms with van der Waals surface area (Å²) in [6, 6.07) is 0. The van der Waals surface area contributed by atoms with Gasteiger partial charge < -0.3 is 81.3 Å². The molecule has 0 aliphatic carbocycles. The number of hydrogen-bond acceptors (Lipinski definition) is 12. The smallest absolute Gasteiger partial charge is 1.00 e. The Morgan fingerprint density at radius 2 is 0.703 bits per heavy atom. The normalized spacial score (nSPS) is 8.76. The minimum Gasteiger partial charge on any atom is -1.00 e. The molecule has 0 saturated heterocycles. The van der Waals surface area contributed by atoms with Crippen LogP contribution in [0.25, 0.3) is 0 Å². The summed E-state index contributed by atoms with van der Waals surface area (Å²) < 4.78 is 13.9. The molecule has 37 heavy (non-hydrogen) atoms. The van der Waals surface area contributed by atoms with Crippen LogP contribution < -0.4 is 51.2 Å². The summed E-state index contributed by atoms with van der Waals surface area (Å²) in [5.41, 5.74) is 3.85. The summed E-state index contributed by atoms with van der Waals surface area (Å²) in [7, 11) is -5.36. The van der Waals surface area contributed by atoms with Crippen molar-refractivity contribution in [1.82, 2.24) is 30.6 Å². The number of aryl methyl sites for hydroxylation is 6. The van der Waals surface area contributed by atoms with E-state index in [2.05, 4.69) is 44.6 Å². The van der Waals surface area contributed by atoms with Gasteiger partial charge in [-0.15, -0.1) is 0 Å². The Balaban J connectivity index is -0.000000134. The molecular formula is C15H28B3Cl3N6O9Ti+2. The first-order chi connectivity index (χ1) is 15.3. The molecule has 0 amide bonds. The van der Waals surface area contributed by atoms with Crippen LogP contribution >= 0.6 is 0 Å². The third-order valence-electron chi connectivity index (χ3n) is 3.85. The van der Waals surface area contributed by atoms with Crippen molar-refractivity contribution in [3.8, 4) is 17.2 Å². The summed E-state index contributed by atoms with van der Waals surface area (Å²) in [5, 5.41) is 70.1. The minimum atomic E-state index is -1.79. The van der Waals surface area contributed by atoms with Crippen LogP contribution in [-0.4, -0.2) is 82.7 Å². The van der Waals surface area contributed by atoms with Crippen LogP contribution in [0.2, 0.25) is 0 Å². The van der Waals surface area contributed by atoms with Crippen molar-refractivity contribution in [2.24, 2.45) is 0 Å². The molecule has 3 rings (SSSR count). The fourth-order valence-corrected chi connectivity index (χ4v) is 2.46. The number of nitrogens with zero attached hydrogens (tertiary/aromatic N) is 3. The van der Waals surface area contributed by atoms with Gasteiger partial charge in [0.15, 0.2) is 0 Å². The average Bonchev–Trinajstić information content (AvgIpc) is 3.31. The van der Waals surface area contributed by atoms with Gasteiger partial charge in [0.25, 0.3) is 0 Å². The number of hydrogen-bond donors (Lipinski definition) is 9. The van der Waals surface area contributed by atoms with Crippen molar-refractivity contribution >= 4 is 22.0 Å². The van der Waals surface area contributed by atoms with E-state index in [9.17, 15) is 0 Å². The van der Waals surface area contributed by atoms with E-state index in [4.69, 9.17) is 30.1 Å². The molecule has 204 valence electrons. The molecule has 0 radical (unpaired) electrons. The van der Waals surface area contributed by atoms with Crippen LogP contribution in [0.5, 0.6) is 17.2 Å². The Morgan fingerprint density at radius 1 is 0.514 bits per heavy atom. The third-order valence-corrected chi connectivity index (χ3v) is 3.85. The van der Waals surface area contributed by atoms with Gasteiger partial charge in [0.2, 0.25) is 0 Å². The number of aromatic amines is 3. The Bertz CT molecular complexity index is 838. The maximum Gasteiger partial charge on any atom is 4.00 e. The molecule has 0 aliphatic rings. The molecule has 0 fully saturated rings. The Kier molecular flexibility index (Phi) is 23.7. The van der Waals surface area contributed by atoms with E-state index in [0.29, 0.717) is 51.4 Å². The summed E-state index contributed by atoms with van der Waals surface area (Å²) in [4.78, 5) is 0. The molecule has 15 nitrogen and oxygen atoms in total. The van der Waals surface area contributed by atoms with Gasteiger partial charge in [-0.2, -0.15) is 15.3 Å². The first-order valence-electron chi connectivity index (χ1n) is 9.46. The van der Waals surface area contributed by atoms with Gasteiger partial charge >= 0.3 is 45.1 Å². The molecule has 0 aromatic carbocycles. The topological polar surface area (TPSA) is 235 Å². The van der Waals surface area contributed by atoms with Crippen molar-refractivity contribution in [2.45, 2.75) is 41.5 Å². The monoisotopic (exact) mass is 622 g/mol. The van der Waals surface area contributed by atoms with Crippen LogP contribution in [0.15, 0.2) is 0 Å². The zero-order valence-electron chi connectivity index (χ0n) is 21.6. The molecule has 0 unspecified atom stereocenters. The van der Waals surface area contributed by atoms with E-state index in [-0.39, 0.29) is 60.4 Å². The van der Waals surface area contributed by atoms with Gasteiger partial charge in [-0.3, -0.25) is 15.3 Å². The number of halogens is 3. The second kappa shape index (κ2) is 20.5. The van der Waals surface area contributed by atoms with Gasteiger partial charge in [-0.25, -0.2) is 0 Å².